The Kier molecular flexibility index (Phi) is 2.67. The number of imidazole rings is 1. The predicted molar refractivity (Wildman–Crippen MR) is 84.5 cm³/mol. The van der Waals surface area contributed by atoms with Crippen molar-refractivity contribution >= 4 is 0 Å². The molecule has 4 heteroatoms. The number of aliphatic hydroxyl groups excluding tert-OH is 1. The summed E-state index contributed by atoms with van der Waals surface area (Å²) in [5.41, 5.74) is 2.61. The lowest BCUT2D eigenvalue weighted by molar-refractivity contribution is -0.0915. The van der Waals surface area contributed by atoms with Crippen molar-refractivity contribution in [3.8, 4) is 11.3 Å². The minimum atomic E-state index is -0.549. The zero-order chi connectivity index (χ0) is 15.7. The van der Waals surface area contributed by atoms with Crippen molar-refractivity contribution in [2.75, 3.05) is 0 Å². The molecule has 1 fully saturated rings. The third-order valence-corrected chi connectivity index (χ3v) is 5.24. The van der Waals surface area contributed by atoms with E-state index < -0.39 is 17.3 Å². The van der Waals surface area contributed by atoms with E-state index >= 15 is 0 Å². The Bertz CT molecular complexity index is 732. The summed E-state index contributed by atoms with van der Waals surface area (Å²) < 4.78 is 8.38. The van der Waals surface area contributed by atoms with Gasteiger partial charge in [-0.15, -0.1) is 0 Å². The molecule has 0 saturated carbocycles. The highest BCUT2D eigenvalue weighted by atomic mass is 16.5. The van der Waals surface area contributed by atoms with Gasteiger partial charge in [0.05, 0.1) is 41.6 Å². The van der Waals surface area contributed by atoms with Gasteiger partial charge in [-0.25, -0.2) is 4.98 Å². The van der Waals surface area contributed by atoms with Gasteiger partial charge in [0.25, 0.3) is 0 Å². The van der Waals surface area contributed by atoms with E-state index in [1.807, 2.05) is 26.4 Å². The Labute approximate surface area is 130 Å². The van der Waals surface area contributed by atoms with E-state index in [4.69, 9.17) is 4.74 Å². The molecule has 1 aromatic carbocycles. The van der Waals surface area contributed by atoms with Gasteiger partial charge >= 0.3 is 0 Å². The van der Waals surface area contributed by atoms with Crippen LogP contribution in [0.3, 0.4) is 0 Å². The molecule has 0 bridgehead atoms. The van der Waals surface area contributed by atoms with Crippen LogP contribution in [0, 0.1) is 5.92 Å². The molecule has 2 aliphatic rings. The Hall–Kier alpha value is -1.65. The van der Waals surface area contributed by atoms with Crippen LogP contribution < -0.4 is 0 Å². The third-order valence-electron chi connectivity index (χ3n) is 5.24. The number of nitrogens with zero attached hydrogens (tertiary/aromatic N) is 2. The summed E-state index contributed by atoms with van der Waals surface area (Å²) in [6.07, 6.45) is 3.24. The van der Waals surface area contributed by atoms with Crippen molar-refractivity contribution in [3.63, 3.8) is 0 Å². The molecule has 0 aliphatic carbocycles. The zero-order valence-corrected chi connectivity index (χ0v) is 13.4. The van der Waals surface area contributed by atoms with Crippen LogP contribution in [-0.4, -0.2) is 32.0 Å². The average Bonchev–Trinajstić information content (AvgIpc) is 3.04. The van der Waals surface area contributed by atoms with E-state index in [0.29, 0.717) is 0 Å². The first-order chi connectivity index (χ1) is 10.3. The van der Waals surface area contributed by atoms with E-state index in [1.165, 1.54) is 11.1 Å². The van der Waals surface area contributed by atoms with Gasteiger partial charge in [-0.3, -0.25) is 0 Å². The summed E-state index contributed by atoms with van der Waals surface area (Å²) in [6.45, 7) is 8.09. The highest BCUT2D eigenvalue weighted by Gasteiger charge is 2.58. The maximum absolute atomic E-state index is 10.9. The molecule has 3 atom stereocenters. The molecule has 1 saturated heterocycles. The van der Waals surface area contributed by atoms with Crippen molar-refractivity contribution in [1.29, 1.82) is 0 Å². The minimum absolute atomic E-state index is 0.0286. The minimum Gasteiger partial charge on any atom is -0.390 e. The second kappa shape index (κ2) is 4.21. The Balaban J connectivity index is 1.90. The van der Waals surface area contributed by atoms with E-state index in [-0.39, 0.29) is 12.0 Å². The Morgan fingerprint density at radius 2 is 1.86 bits per heavy atom. The number of aromatic nitrogens is 2. The van der Waals surface area contributed by atoms with Crippen molar-refractivity contribution < 1.29 is 9.84 Å². The van der Waals surface area contributed by atoms with Gasteiger partial charge in [0.1, 0.15) is 0 Å². The van der Waals surface area contributed by atoms with Gasteiger partial charge < -0.3 is 14.4 Å². The summed E-state index contributed by atoms with van der Waals surface area (Å²) in [7, 11) is 0. The lowest BCUT2D eigenvalue weighted by Gasteiger charge is -2.33. The van der Waals surface area contributed by atoms with Gasteiger partial charge in [0.15, 0.2) is 0 Å². The number of benzene rings is 1. The van der Waals surface area contributed by atoms with Gasteiger partial charge in [0, 0.05) is 11.5 Å². The standard InChI is InChI=1S/C18H22N2O2/c1-17(2)14(16(21)18(3,4)22-17)15-12-8-6-5-7-11(12)13-9-19-10-20(13)15/h5-10,14-16,21H,1-4H3/t14-,15?,16+/m0/s1. The highest BCUT2D eigenvalue weighted by molar-refractivity contribution is 5.69. The molecule has 3 heterocycles. The third kappa shape index (κ3) is 1.68. The maximum atomic E-state index is 10.9. The fourth-order valence-corrected chi connectivity index (χ4v) is 4.41. The van der Waals surface area contributed by atoms with E-state index in [0.717, 1.165) is 5.69 Å². The van der Waals surface area contributed by atoms with Gasteiger partial charge in [-0.05, 0) is 33.3 Å². The van der Waals surface area contributed by atoms with Gasteiger partial charge in [-0.1, -0.05) is 24.3 Å². The number of aliphatic hydroxyl groups is 1. The summed E-state index contributed by atoms with van der Waals surface area (Å²) in [6, 6.07) is 8.45. The first kappa shape index (κ1) is 14.0. The topological polar surface area (TPSA) is 47.3 Å². The fraction of sp³-hybridized carbons (Fsp3) is 0.500. The molecule has 4 nitrogen and oxygen atoms in total. The first-order valence-corrected chi connectivity index (χ1v) is 7.82. The smallest absolute Gasteiger partial charge is 0.0956 e. The molecule has 0 spiro atoms. The van der Waals surface area contributed by atoms with Gasteiger partial charge in [-0.2, -0.15) is 0 Å². The summed E-state index contributed by atoms with van der Waals surface area (Å²) in [4.78, 5) is 4.31. The van der Waals surface area contributed by atoms with Crippen LogP contribution in [0.2, 0.25) is 0 Å². The Morgan fingerprint density at radius 3 is 2.55 bits per heavy atom. The average molecular weight is 298 g/mol. The fourth-order valence-electron chi connectivity index (χ4n) is 4.41. The number of hydrogen-bond acceptors (Lipinski definition) is 3. The molecule has 2 aromatic rings. The van der Waals surface area contributed by atoms with Crippen molar-refractivity contribution in [3.05, 3.63) is 42.4 Å². The molecule has 22 heavy (non-hydrogen) atoms. The van der Waals surface area contributed by atoms with Crippen LogP contribution in [0.5, 0.6) is 0 Å². The number of fused-ring (bicyclic) bond motifs is 3. The summed E-state index contributed by atoms with van der Waals surface area (Å²) in [5.74, 6) is -0.0286. The van der Waals surface area contributed by atoms with Crippen LogP contribution in [-0.2, 0) is 4.74 Å². The van der Waals surface area contributed by atoms with Crippen LogP contribution in [0.15, 0.2) is 36.8 Å². The lowest BCUT2D eigenvalue weighted by atomic mass is 9.77. The number of hydrogen-bond donors (Lipinski definition) is 1. The van der Waals surface area contributed by atoms with Crippen LogP contribution >= 0.6 is 0 Å². The van der Waals surface area contributed by atoms with Crippen LogP contribution in [0.4, 0.5) is 0 Å². The van der Waals surface area contributed by atoms with E-state index in [2.05, 4.69) is 47.7 Å². The second-order valence-electron chi connectivity index (χ2n) is 7.50. The van der Waals surface area contributed by atoms with Crippen LogP contribution in [0.1, 0.15) is 39.3 Å². The quantitative estimate of drug-likeness (QED) is 0.880. The molecule has 0 radical (unpaired) electrons. The number of rotatable bonds is 1. The van der Waals surface area contributed by atoms with E-state index in [1.54, 1.807) is 0 Å². The summed E-state index contributed by atoms with van der Waals surface area (Å²) in [5, 5.41) is 10.9. The van der Waals surface area contributed by atoms with Gasteiger partial charge in [0.2, 0.25) is 0 Å². The molecular weight excluding hydrogens is 276 g/mol. The normalized spacial score (nSPS) is 31.0. The predicted octanol–water partition coefficient (Wildman–Crippen LogP) is 3.02. The van der Waals surface area contributed by atoms with Crippen molar-refractivity contribution in [2.45, 2.75) is 51.0 Å². The molecular formula is C18H22N2O2. The van der Waals surface area contributed by atoms with E-state index in [9.17, 15) is 5.11 Å². The Morgan fingerprint density at radius 1 is 1.14 bits per heavy atom. The molecule has 0 amide bonds. The maximum Gasteiger partial charge on any atom is 0.0956 e. The first-order valence-electron chi connectivity index (χ1n) is 7.82. The molecule has 1 unspecified atom stereocenters. The van der Waals surface area contributed by atoms with Crippen LogP contribution in [0.25, 0.3) is 11.3 Å². The largest absolute Gasteiger partial charge is 0.390 e. The molecule has 2 aliphatic heterocycles. The lowest BCUT2D eigenvalue weighted by Crippen LogP contribution is -2.40. The monoisotopic (exact) mass is 298 g/mol. The van der Waals surface area contributed by atoms with Crippen molar-refractivity contribution in [1.82, 2.24) is 9.55 Å². The molecule has 4 rings (SSSR count). The molecule has 116 valence electrons. The SMILES string of the molecule is CC1(C)OC(C)(C)[C@@H](C2c3ccccc3-c3cncn32)[C@H]1O. The second-order valence-corrected chi connectivity index (χ2v) is 7.50. The zero-order valence-electron chi connectivity index (χ0n) is 13.4. The molecule has 1 aromatic heterocycles. The molecule has 1 N–H and O–H groups in total. The van der Waals surface area contributed by atoms with Crippen molar-refractivity contribution in [2.24, 2.45) is 5.92 Å². The number of ether oxygens (including phenoxy) is 1. The highest BCUT2D eigenvalue weighted by Crippen LogP contribution is 2.53. The summed E-state index contributed by atoms with van der Waals surface area (Å²) >= 11 is 0.